The van der Waals surface area contributed by atoms with Gasteiger partial charge in [-0.05, 0) is 36.4 Å². The number of anilines is 1. The van der Waals surface area contributed by atoms with Crippen molar-refractivity contribution in [1.29, 1.82) is 0 Å². The molecule has 7 heteroatoms. The summed E-state index contributed by atoms with van der Waals surface area (Å²) in [6.07, 6.45) is -0.828. The van der Waals surface area contributed by atoms with Gasteiger partial charge in [-0.2, -0.15) is 0 Å². The van der Waals surface area contributed by atoms with E-state index in [0.717, 1.165) is 5.69 Å². The van der Waals surface area contributed by atoms with Crippen LogP contribution in [0.1, 0.15) is 10.4 Å². The van der Waals surface area contributed by atoms with Gasteiger partial charge < -0.3 is 29.5 Å². The summed E-state index contributed by atoms with van der Waals surface area (Å²) in [6, 6.07) is 12.4. The van der Waals surface area contributed by atoms with Crippen LogP contribution in [0.25, 0.3) is 0 Å². The van der Waals surface area contributed by atoms with Crippen LogP contribution in [0.15, 0.2) is 42.5 Å². The number of aliphatic hydroxyl groups is 1. The van der Waals surface area contributed by atoms with Crippen molar-refractivity contribution in [3.63, 3.8) is 0 Å². The zero-order chi connectivity index (χ0) is 18.5. The average Bonchev–Trinajstić information content (AvgIpc) is 3.12. The van der Waals surface area contributed by atoms with E-state index in [-0.39, 0.29) is 25.9 Å². The Hall–Kier alpha value is -2.93. The summed E-state index contributed by atoms with van der Waals surface area (Å²) in [5, 5.41) is 12.7. The summed E-state index contributed by atoms with van der Waals surface area (Å²) in [7, 11) is 3.87. The van der Waals surface area contributed by atoms with Crippen LogP contribution < -0.4 is 24.4 Å². The van der Waals surface area contributed by atoms with Crippen molar-refractivity contribution in [3.05, 3.63) is 48.0 Å². The number of amides is 1. The van der Waals surface area contributed by atoms with E-state index >= 15 is 0 Å². The van der Waals surface area contributed by atoms with Crippen LogP contribution in [0.3, 0.4) is 0 Å². The second-order valence-corrected chi connectivity index (χ2v) is 6.13. The van der Waals surface area contributed by atoms with E-state index in [4.69, 9.17) is 14.2 Å². The molecule has 1 aliphatic heterocycles. The maximum atomic E-state index is 12.1. The summed E-state index contributed by atoms with van der Waals surface area (Å²) in [5.41, 5.74) is 1.55. The minimum Gasteiger partial charge on any atom is -0.491 e. The molecule has 0 radical (unpaired) electrons. The van der Waals surface area contributed by atoms with Gasteiger partial charge in [-0.25, -0.2) is 0 Å². The van der Waals surface area contributed by atoms with E-state index in [1.807, 2.05) is 31.1 Å². The van der Waals surface area contributed by atoms with Crippen molar-refractivity contribution in [2.75, 3.05) is 38.9 Å². The topological polar surface area (TPSA) is 80.3 Å². The Balaban J connectivity index is 1.44. The van der Waals surface area contributed by atoms with Gasteiger partial charge in [0.05, 0.1) is 0 Å². The van der Waals surface area contributed by atoms with E-state index in [0.29, 0.717) is 22.8 Å². The van der Waals surface area contributed by atoms with Gasteiger partial charge in [-0.15, -0.1) is 0 Å². The fraction of sp³-hybridized carbons (Fsp3) is 0.316. The molecule has 26 heavy (non-hydrogen) atoms. The Morgan fingerprint density at radius 2 is 1.92 bits per heavy atom. The van der Waals surface area contributed by atoms with Crippen LogP contribution in [0, 0.1) is 0 Å². The fourth-order valence-electron chi connectivity index (χ4n) is 2.44. The zero-order valence-corrected chi connectivity index (χ0v) is 14.8. The molecule has 0 saturated heterocycles. The molecule has 0 spiro atoms. The number of carbonyl (C=O) groups excluding carboxylic acids is 1. The largest absolute Gasteiger partial charge is 0.491 e. The quantitative estimate of drug-likeness (QED) is 0.783. The number of benzene rings is 2. The van der Waals surface area contributed by atoms with Crippen molar-refractivity contribution < 1.29 is 24.1 Å². The third-order valence-corrected chi connectivity index (χ3v) is 3.93. The highest BCUT2D eigenvalue weighted by Crippen LogP contribution is 2.35. The number of rotatable bonds is 7. The minimum atomic E-state index is -0.828. The van der Waals surface area contributed by atoms with Crippen LogP contribution >= 0.6 is 0 Å². The lowest BCUT2D eigenvalue weighted by atomic mass is 10.2. The Morgan fingerprint density at radius 3 is 2.65 bits per heavy atom. The molecule has 2 N–H and O–H groups in total. The molecule has 1 amide bonds. The summed E-state index contributed by atoms with van der Waals surface area (Å²) in [6.45, 7) is 0.348. The van der Waals surface area contributed by atoms with Crippen molar-refractivity contribution in [3.8, 4) is 17.2 Å². The molecule has 0 aromatic heterocycles. The maximum absolute atomic E-state index is 12.1. The molecule has 3 rings (SSSR count). The second kappa shape index (κ2) is 7.97. The Bertz CT molecular complexity index is 761. The molecule has 138 valence electrons. The molecule has 0 aliphatic carbocycles. The molecule has 1 heterocycles. The first-order chi connectivity index (χ1) is 12.5. The first-order valence-electron chi connectivity index (χ1n) is 8.29. The zero-order valence-electron chi connectivity index (χ0n) is 14.8. The van der Waals surface area contributed by atoms with E-state index in [2.05, 4.69) is 5.32 Å². The molecule has 0 fully saturated rings. The van der Waals surface area contributed by atoms with Gasteiger partial charge in [0.1, 0.15) is 18.5 Å². The van der Waals surface area contributed by atoms with Crippen LogP contribution in [0.2, 0.25) is 0 Å². The number of aliphatic hydroxyl groups excluding tert-OH is 1. The first-order valence-corrected chi connectivity index (χ1v) is 8.29. The van der Waals surface area contributed by atoms with Crippen molar-refractivity contribution in [1.82, 2.24) is 5.32 Å². The third-order valence-electron chi connectivity index (χ3n) is 3.93. The molecule has 1 unspecified atom stereocenters. The van der Waals surface area contributed by atoms with Crippen LogP contribution in [-0.2, 0) is 0 Å². The van der Waals surface area contributed by atoms with E-state index < -0.39 is 6.10 Å². The number of nitrogens with one attached hydrogen (secondary N) is 1. The van der Waals surface area contributed by atoms with Crippen LogP contribution in [0.4, 0.5) is 5.69 Å². The summed E-state index contributed by atoms with van der Waals surface area (Å²) >= 11 is 0. The smallest absolute Gasteiger partial charge is 0.251 e. The Morgan fingerprint density at radius 1 is 1.19 bits per heavy atom. The predicted octanol–water partition coefficient (Wildman–Crippen LogP) is 1.65. The summed E-state index contributed by atoms with van der Waals surface area (Å²) in [4.78, 5) is 14.1. The Kier molecular flexibility index (Phi) is 5.48. The molecule has 2 aromatic rings. The Labute approximate surface area is 152 Å². The second-order valence-electron chi connectivity index (χ2n) is 6.13. The lowest BCUT2D eigenvalue weighted by Crippen LogP contribution is -2.35. The standard InChI is InChI=1S/C19H22N2O5/c1-21(2)14-5-3-13(4-6-14)19(23)20-10-15(22)11-24-16-7-8-17-18(9-16)26-12-25-17/h3-9,15,22H,10-12H2,1-2H3,(H,20,23). The van der Waals surface area contributed by atoms with Gasteiger partial charge in [0.2, 0.25) is 6.79 Å². The van der Waals surface area contributed by atoms with E-state index in [1.165, 1.54) is 0 Å². The van der Waals surface area contributed by atoms with Gasteiger partial charge in [0.15, 0.2) is 11.5 Å². The molecular weight excluding hydrogens is 336 g/mol. The average molecular weight is 358 g/mol. The molecule has 0 bridgehead atoms. The number of hydrogen-bond acceptors (Lipinski definition) is 6. The predicted molar refractivity (Wildman–Crippen MR) is 97.2 cm³/mol. The SMILES string of the molecule is CN(C)c1ccc(C(=O)NCC(O)COc2ccc3c(c2)OCO3)cc1. The van der Waals surface area contributed by atoms with Gasteiger partial charge in [-0.1, -0.05) is 0 Å². The lowest BCUT2D eigenvalue weighted by Gasteiger charge is -2.15. The maximum Gasteiger partial charge on any atom is 0.251 e. The van der Waals surface area contributed by atoms with Crippen molar-refractivity contribution >= 4 is 11.6 Å². The first kappa shape index (κ1) is 17.9. The highest BCUT2D eigenvalue weighted by Gasteiger charge is 2.15. The highest BCUT2D eigenvalue weighted by molar-refractivity contribution is 5.94. The van der Waals surface area contributed by atoms with Gasteiger partial charge >= 0.3 is 0 Å². The highest BCUT2D eigenvalue weighted by atomic mass is 16.7. The molecule has 7 nitrogen and oxygen atoms in total. The monoisotopic (exact) mass is 358 g/mol. The lowest BCUT2D eigenvalue weighted by molar-refractivity contribution is 0.0843. The number of ether oxygens (including phenoxy) is 3. The van der Waals surface area contributed by atoms with E-state index in [1.54, 1.807) is 30.3 Å². The summed E-state index contributed by atoms with van der Waals surface area (Å²) < 4.78 is 16.0. The van der Waals surface area contributed by atoms with Crippen molar-refractivity contribution in [2.24, 2.45) is 0 Å². The number of fused-ring (bicyclic) bond motifs is 1. The molecule has 0 saturated carbocycles. The van der Waals surface area contributed by atoms with Gasteiger partial charge in [0, 0.05) is 38.0 Å². The van der Waals surface area contributed by atoms with Crippen LogP contribution in [0.5, 0.6) is 17.2 Å². The molecule has 1 aliphatic rings. The molecule has 1 atom stereocenters. The number of carbonyl (C=O) groups is 1. The van der Waals surface area contributed by atoms with Crippen molar-refractivity contribution in [2.45, 2.75) is 6.10 Å². The number of nitrogens with zero attached hydrogens (tertiary/aromatic N) is 1. The minimum absolute atomic E-state index is 0.0551. The van der Waals surface area contributed by atoms with E-state index in [9.17, 15) is 9.90 Å². The normalized spacial score (nSPS) is 13.2. The summed E-state index contributed by atoms with van der Waals surface area (Å²) in [5.74, 6) is 1.62. The molecular formula is C19H22N2O5. The van der Waals surface area contributed by atoms with Crippen LogP contribution in [-0.4, -0.2) is 51.2 Å². The number of hydrogen-bond donors (Lipinski definition) is 2. The third kappa shape index (κ3) is 4.37. The molecule has 2 aromatic carbocycles. The van der Waals surface area contributed by atoms with Gasteiger partial charge in [-0.3, -0.25) is 4.79 Å². The fourth-order valence-corrected chi connectivity index (χ4v) is 2.44. The van der Waals surface area contributed by atoms with Gasteiger partial charge in [0.25, 0.3) is 5.91 Å².